The van der Waals surface area contributed by atoms with Gasteiger partial charge in [0, 0.05) is 11.3 Å². The second kappa shape index (κ2) is 6.38. The SMILES string of the molecule is Cc1cc(-c2ccc(COC(C)C)cc2)c(C#N)c(=O)[nH]1. The predicted octanol–water partition coefficient (Wildman–Crippen LogP) is 3.15. The molecule has 21 heavy (non-hydrogen) atoms. The molecule has 0 saturated heterocycles. The monoisotopic (exact) mass is 282 g/mol. The Bertz CT molecular complexity index is 722. The van der Waals surface area contributed by atoms with E-state index in [-0.39, 0.29) is 17.2 Å². The van der Waals surface area contributed by atoms with Crippen molar-refractivity contribution in [2.75, 3.05) is 0 Å². The Kier molecular flexibility index (Phi) is 4.56. The fourth-order valence-corrected chi connectivity index (χ4v) is 2.07. The summed E-state index contributed by atoms with van der Waals surface area (Å²) in [6.07, 6.45) is 0.185. The molecule has 1 aromatic carbocycles. The maximum absolute atomic E-state index is 11.8. The van der Waals surface area contributed by atoms with Gasteiger partial charge in [0.15, 0.2) is 0 Å². The van der Waals surface area contributed by atoms with Gasteiger partial charge in [-0.2, -0.15) is 5.26 Å². The number of rotatable bonds is 4. The molecule has 108 valence electrons. The molecular formula is C17H18N2O2. The minimum Gasteiger partial charge on any atom is -0.374 e. The van der Waals surface area contributed by atoms with E-state index in [1.54, 1.807) is 6.92 Å². The van der Waals surface area contributed by atoms with Gasteiger partial charge >= 0.3 is 0 Å². The van der Waals surface area contributed by atoms with Crippen LogP contribution in [0, 0.1) is 18.3 Å². The van der Waals surface area contributed by atoms with Crippen molar-refractivity contribution in [3.63, 3.8) is 0 Å². The molecule has 1 aromatic heterocycles. The van der Waals surface area contributed by atoms with E-state index in [2.05, 4.69) is 4.98 Å². The highest BCUT2D eigenvalue weighted by atomic mass is 16.5. The van der Waals surface area contributed by atoms with Crippen LogP contribution in [0.25, 0.3) is 11.1 Å². The van der Waals surface area contributed by atoms with E-state index in [0.717, 1.165) is 16.8 Å². The smallest absolute Gasteiger partial charge is 0.266 e. The molecular weight excluding hydrogens is 264 g/mol. The molecule has 0 amide bonds. The highest BCUT2D eigenvalue weighted by molar-refractivity contribution is 5.70. The Balaban J connectivity index is 2.35. The summed E-state index contributed by atoms with van der Waals surface area (Å²) in [4.78, 5) is 14.5. The van der Waals surface area contributed by atoms with E-state index in [4.69, 9.17) is 10.00 Å². The molecule has 0 saturated carbocycles. The number of hydrogen-bond donors (Lipinski definition) is 1. The lowest BCUT2D eigenvalue weighted by molar-refractivity contribution is 0.0657. The summed E-state index contributed by atoms with van der Waals surface area (Å²) in [5, 5.41) is 9.16. The summed E-state index contributed by atoms with van der Waals surface area (Å²) in [5.41, 5.74) is 3.12. The Morgan fingerprint density at radius 1 is 1.29 bits per heavy atom. The Morgan fingerprint density at radius 2 is 1.95 bits per heavy atom. The molecule has 0 bridgehead atoms. The molecule has 0 aliphatic rings. The maximum atomic E-state index is 11.8. The number of pyridine rings is 1. The first-order valence-corrected chi connectivity index (χ1v) is 6.86. The van der Waals surface area contributed by atoms with Gasteiger partial charge in [-0.3, -0.25) is 4.79 Å². The van der Waals surface area contributed by atoms with Crippen molar-refractivity contribution in [3.05, 3.63) is 57.5 Å². The third kappa shape index (κ3) is 3.59. The van der Waals surface area contributed by atoms with Gasteiger partial charge in [-0.25, -0.2) is 0 Å². The molecule has 0 aliphatic carbocycles. The summed E-state index contributed by atoms with van der Waals surface area (Å²) in [6, 6.07) is 11.5. The van der Waals surface area contributed by atoms with Crippen molar-refractivity contribution in [2.24, 2.45) is 0 Å². The summed E-state index contributed by atoms with van der Waals surface area (Å²) in [6.45, 7) is 6.34. The number of ether oxygens (including phenoxy) is 1. The minimum atomic E-state index is -0.347. The molecule has 0 fully saturated rings. The van der Waals surface area contributed by atoms with Crippen LogP contribution >= 0.6 is 0 Å². The average molecular weight is 282 g/mol. The van der Waals surface area contributed by atoms with Crippen LogP contribution < -0.4 is 5.56 Å². The number of nitriles is 1. The number of nitrogens with zero attached hydrogens (tertiary/aromatic N) is 1. The van der Waals surface area contributed by atoms with E-state index in [1.807, 2.05) is 50.2 Å². The van der Waals surface area contributed by atoms with E-state index < -0.39 is 0 Å². The molecule has 1 heterocycles. The number of hydrogen-bond acceptors (Lipinski definition) is 3. The molecule has 2 rings (SSSR count). The first kappa shape index (κ1) is 15.0. The Morgan fingerprint density at radius 3 is 2.52 bits per heavy atom. The van der Waals surface area contributed by atoms with Crippen molar-refractivity contribution >= 4 is 0 Å². The van der Waals surface area contributed by atoms with E-state index in [0.29, 0.717) is 12.2 Å². The molecule has 0 spiro atoms. The van der Waals surface area contributed by atoms with E-state index in [9.17, 15) is 4.79 Å². The predicted molar refractivity (Wildman–Crippen MR) is 81.9 cm³/mol. The number of aromatic nitrogens is 1. The lowest BCUT2D eigenvalue weighted by atomic mass is 10.00. The quantitative estimate of drug-likeness (QED) is 0.936. The summed E-state index contributed by atoms with van der Waals surface area (Å²) >= 11 is 0. The van der Waals surface area contributed by atoms with Crippen LogP contribution in [-0.2, 0) is 11.3 Å². The zero-order valence-electron chi connectivity index (χ0n) is 12.4. The highest BCUT2D eigenvalue weighted by Gasteiger charge is 2.10. The van der Waals surface area contributed by atoms with Gasteiger partial charge in [0.05, 0.1) is 12.7 Å². The van der Waals surface area contributed by atoms with Gasteiger partial charge in [-0.05, 0) is 38.0 Å². The number of aryl methyl sites for hydroxylation is 1. The second-order valence-corrected chi connectivity index (χ2v) is 5.24. The zero-order chi connectivity index (χ0) is 15.4. The number of aromatic amines is 1. The third-order valence-corrected chi connectivity index (χ3v) is 3.13. The van der Waals surface area contributed by atoms with Crippen molar-refractivity contribution in [1.82, 2.24) is 4.98 Å². The number of nitrogens with one attached hydrogen (secondary N) is 1. The third-order valence-electron chi connectivity index (χ3n) is 3.13. The molecule has 4 nitrogen and oxygen atoms in total. The molecule has 0 atom stereocenters. The van der Waals surface area contributed by atoms with E-state index in [1.165, 1.54) is 0 Å². The van der Waals surface area contributed by atoms with Crippen LogP contribution in [0.1, 0.15) is 30.7 Å². The van der Waals surface area contributed by atoms with Crippen LogP contribution in [0.2, 0.25) is 0 Å². The molecule has 2 aromatic rings. The van der Waals surface area contributed by atoms with Gasteiger partial charge in [0.1, 0.15) is 11.6 Å². The van der Waals surface area contributed by atoms with Gasteiger partial charge in [0.2, 0.25) is 0 Å². The first-order chi connectivity index (χ1) is 10.0. The summed E-state index contributed by atoms with van der Waals surface area (Å²) in [7, 11) is 0. The fraction of sp³-hybridized carbons (Fsp3) is 0.294. The summed E-state index contributed by atoms with van der Waals surface area (Å²) < 4.78 is 5.55. The molecule has 4 heteroatoms. The lowest BCUT2D eigenvalue weighted by Crippen LogP contribution is -2.12. The lowest BCUT2D eigenvalue weighted by Gasteiger charge is -2.09. The Labute approximate surface area is 124 Å². The molecule has 0 unspecified atom stereocenters. The van der Waals surface area contributed by atoms with Crippen molar-refractivity contribution in [3.8, 4) is 17.2 Å². The molecule has 0 radical (unpaired) electrons. The topological polar surface area (TPSA) is 65.9 Å². The number of H-pyrrole nitrogens is 1. The second-order valence-electron chi connectivity index (χ2n) is 5.24. The normalized spacial score (nSPS) is 10.6. The highest BCUT2D eigenvalue weighted by Crippen LogP contribution is 2.22. The van der Waals surface area contributed by atoms with Crippen molar-refractivity contribution < 1.29 is 4.74 Å². The maximum Gasteiger partial charge on any atom is 0.266 e. The van der Waals surface area contributed by atoms with Gasteiger partial charge in [-0.15, -0.1) is 0 Å². The minimum absolute atomic E-state index is 0.145. The van der Waals surface area contributed by atoms with Crippen LogP contribution in [0.4, 0.5) is 0 Å². The van der Waals surface area contributed by atoms with E-state index >= 15 is 0 Å². The van der Waals surface area contributed by atoms with Gasteiger partial charge in [0.25, 0.3) is 5.56 Å². The van der Waals surface area contributed by atoms with Crippen molar-refractivity contribution in [2.45, 2.75) is 33.5 Å². The van der Waals surface area contributed by atoms with Crippen LogP contribution in [-0.4, -0.2) is 11.1 Å². The van der Waals surface area contributed by atoms with Gasteiger partial charge in [-0.1, -0.05) is 24.3 Å². The van der Waals surface area contributed by atoms with Gasteiger partial charge < -0.3 is 9.72 Å². The molecule has 1 N–H and O–H groups in total. The first-order valence-electron chi connectivity index (χ1n) is 6.86. The van der Waals surface area contributed by atoms with Crippen LogP contribution in [0.15, 0.2) is 35.1 Å². The van der Waals surface area contributed by atoms with Crippen LogP contribution in [0.3, 0.4) is 0 Å². The zero-order valence-corrected chi connectivity index (χ0v) is 12.4. The summed E-state index contributed by atoms with van der Waals surface area (Å²) in [5.74, 6) is 0. The largest absolute Gasteiger partial charge is 0.374 e. The standard InChI is InChI=1S/C17H18N2O2/c1-11(2)21-10-13-4-6-14(7-5-13)15-8-12(3)19-17(20)16(15)9-18/h4-8,11H,10H2,1-3H3,(H,19,20). The fourth-order valence-electron chi connectivity index (χ4n) is 2.07. The Hall–Kier alpha value is -2.38. The van der Waals surface area contributed by atoms with Crippen LogP contribution in [0.5, 0.6) is 0 Å². The average Bonchev–Trinajstić information content (AvgIpc) is 2.45. The molecule has 0 aliphatic heterocycles. The van der Waals surface area contributed by atoms with Crippen molar-refractivity contribution in [1.29, 1.82) is 5.26 Å². The number of benzene rings is 1.